The summed E-state index contributed by atoms with van der Waals surface area (Å²) < 4.78 is 0. The molecule has 1 heterocycles. The second-order valence-corrected chi connectivity index (χ2v) is 4.45. The maximum atomic E-state index is 11.7. The number of aromatic nitrogens is 1. The van der Waals surface area contributed by atoms with Crippen LogP contribution in [0.5, 0.6) is 0 Å². The summed E-state index contributed by atoms with van der Waals surface area (Å²) in [5.41, 5.74) is -1.08. The molecule has 1 aromatic rings. The highest BCUT2D eigenvalue weighted by molar-refractivity contribution is 5.79. The second kappa shape index (κ2) is 6.14. The molecule has 0 aliphatic rings. The van der Waals surface area contributed by atoms with Crippen molar-refractivity contribution in [3.05, 3.63) is 30.1 Å². The number of pyridine rings is 1. The van der Waals surface area contributed by atoms with Crippen LogP contribution < -0.4 is 5.32 Å². The van der Waals surface area contributed by atoms with Gasteiger partial charge in [0.1, 0.15) is 0 Å². The number of urea groups is 1. The van der Waals surface area contributed by atoms with E-state index in [1.54, 1.807) is 31.6 Å². The first kappa shape index (κ1) is 14.9. The molecule has 7 nitrogen and oxygen atoms in total. The Balaban J connectivity index is 2.48. The topological polar surface area (TPSA) is 103 Å². The lowest BCUT2D eigenvalue weighted by atomic mass is 10.1. The van der Waals surface area contributed by atoms with Gasteiger partial charge in [-0.3, -0.25) is 4.98 Å². The van der Waals surface area contributed by atoms with Crippen LogP contribution in [-0.4, -0.2) is 51.3 Å². The molecule has 1 rings (SSSR count). The van der Waals surface area contributed by atoms with Crippen LogP contribution in [0.25, 0.3) is 0 Å². The minimum Gasteiger partial charge on any atom is -0.479 e. The van der Waals surface area contributed by atoms with Gasteiger partial charge in [0.05, 0.1) is 6.54 Å². The van der Waals surface area contributed by atoms with Crippen molar-refractivity contribution in [1.82, 2.24) is 15.2 Å². The summed E-state index contributed by atoms with van der Waals surface area (Å²) in [7, 11) is 1.57. The Labute approximate surface area is 110 Å². The Bertz CT molecular complexity index is 448. The molecule has 0 aliphatic carbocycles. The van der Waals surface area contributed by atoms with Gasteiger partial charge in [0, 0.05) is 26.0 Å². The zero-order chi connectivity index (χ0) is 14.5. The number of aliphatic hydroxyl groups is 1. The van der Waals surface area contributed by atoms with Crippen LogP contribution in [0.1, 0.15) is 12.5 Å². The molecular formula is C12H17N3O4. The van der Waals surface area contributed by atoms with E-state index < -0.39 is 17.6 Å². The standard InChI is InChI=1S/C12H17N3O4/c1-12(19,10(16)17)8-14-11(18)15(2)7-9-3-5-13-6-4-9/h3-6,19H,7-8H2,1-2H3,(H,14,18)(H,16,17). The number of rotatable bonds is 5. The number of hydrogen-bond acceptors (Lipinski definition) is 4. The van der Waals surface area contributed by atoms with Crippen LogP contribution in [0.15, 0.2) is 24.5 Å². The molecule has 104 valence electrons. The molecule has 0 aliphatic heterocycles. The van der Waals surface area contributed by atoms with E-state index >= 15 is 0 Å². The zero-order valence-electron chi connectivity index (χ0n) is 10.8. The highest BCUT2D eigenvalue weighted by Gasteiger charge is 2.30. The van der Waals surface area contributed by atoms with E-state index in [0.717, 1.165) is 12.5 Å². The van der Waals surface area contributed by atoms with E-state index in [-0.39, 0.29) is 6.54 Å². The van der Waals surface area contributed by atoms with Crippen LogP contribution in [0.3, 0.4) is 0 Å². The van der Waals surface area contributed by atoms with E-state index in [2.05, 4.69) is 10.3 Å². The zero-order valence-corrected chi connectivity index (χ0v) is 10.8. The molecule has 2 amide bonds. The molecule has 0 radical (unpaired) electrons. The summed E-state index contributed by atoms with van der Waals surface area (Å²) in [6.45, 7) is 1.13. The Hall–Kier alpha value is -2.15. The number of carbonyl (C=O) groups is 2. The molecule has 1 unspecified atom stereocenters. The van der Waals surface area contributed by atoms with Gasteiger partial charge in [-0.15, -0.1) is 0 Å². The smallest absolute Gasteiger partial charge is 0.337 e. The number of aliphatic carboxylic acids is 1. The van der Waals surface area contributed by atoms with Crippen molar-refractivity contribution < 1.29 is 19.8 Å². The fourth-order valence-corrected chi connectivity index (χ4v) is 1.29. The summed E-state index contributed by atoms with van der Waals surface area (Å²) in [6.07, 6.45) is 3.24. The van der Waals surface area contributed by atoms with Crippen molar-refractivity contribution >= 4 is 12.0 Å². The van der Waals surface area contributed by atoms with Crippen molar-refractivity contribution in [2.75, 3.05) is 13.6 Å². The van der Waals surface area contributed by atoms with Gasteiger partial charge in [-0.25, -0.2) is 9.59 Å². The third-order valence-electron chi connectivity index (χ3n) is 2.56. The first-order valence-corrected chi connectivity index (χ1v) is 5.66. The van der Waals surface area contributed by atoms with Crippen LogP contribution in [-0.2, 0) is 11.3 Å². The molecular weight excluding hydrogens is 250 g/mol. The van der Waals surface area contributed by atoms with Crippen LogP contribution in [0, 0.1) is 0 Å². The van der Waals surface area contributed by atoms with Gasteiger partial charge in [0.15, 0.2) is 5.60 Å². The van der Waals surface area contributed by atoms with Gasteiger partial charge in [-0.05, 0) is 24.6 Å². The van der Waals surface area contributed by atoms with Crippen molar-refractivity contribution in [1.29, 1.82) is 0 Å². The number of carboxylic acid groups (broad SMARTS) is 1. The number of hydrogen-bond donors (Lipinski definition) is 3. The first-order chi connectivity index (χ1) is 8.83. The third-order valence-corrected chi connectivity index (χ3v) is 2.56. The second-order valence-electron chi connectivity index (χ2n) is 4.45. The minimum atomic E-state index is -1.98. The van der Waals surface area contributed by atoms with Gasteiger partial charge in [0.2, 0.25) is 0 Å². The van der Waals surface area contributed by atoms with E-state index in [9.17, 15) is 14.7 Å². The average Bonchev–Trinajstić information content (AvgIpc) is 2.37. The maximum Gasteiger partial charge on any atom is 0.337 e. The van der Waals surface area contributed by atoms with Gasteiger partial charge >= 0.3 is 12.0 Å². The summed E-state index contributed by atoms with van der Waals surface area (Å²) in [5.74, 6) is -1.38. The van der Waals surface area contributed by atoms with Crippen molar-refractivity contribution in [2.45, 2.75) is 19.1 Å². The fraction of sp³-hybridized carbons (Fsp3) is 0.417. The Morgan fingerprint density at radius 1 is 1.42 bits per heavy atom. The quantitative estimate of drug-likeness (QED) is 0.700. The molecule has 1 aromatic heterocycles. The van der Waals surface area contributed by atoms with Crippen molar-refractivity contribution in [3.63, 3.8) is 0 Å². The predicted octanol–water partition coefficient (Wildman–Crippen LogP) is 0.0586. The molecule has 3 N–H and O–H groups in total. The van der Waals surface area contributed by atoms with Crippen LogP contribution in [0.2, 0.25) is 0 Å². The van der Waals surface area contributed by atoms with Gasteiger partial charge < -0.3 is 20.4 Å². The Morgan fingerprint density at radius 3 is 2.53 bits per heavy atom. The molecule has 0 aromatic carbocycles. The summed E-state index contributed by atoms with van der Waals surface area (Å²) >= 11 is 0. The molecule has 19 heavy (non-hydrogen) atoms. The van der Waals surface area contributed by atoms with Crippen LogP contribution in [0.4, 0.5) is 4.79 Å². The minimum absolute atomic E-state index is 0.359. The maximum absolute atomic E-state index is 11.7. The van der Waals surface area contributed by atoms with E-state index in [0.29, 0.717) is 6.54 Å². The van der Waals surface area contributed by atoms with Crippen LogP contribution >= 0.6 is 0 Å². The van der Waals surface area contributed by atoms with Gasteiger partial charge in [-0.1, -0.05) is 0 Å². The summed E-state index contributed by atoms with van der Waals surface area (Å²) in [5, 5.41) is 20.5. The highest BCUT2D eigenvalue weighted by Crippen LogP contribution is 2.03. The summed E-state index contributed by atoms with van der Waals surface area (Å²) in [6, 6.07) is 3.09. The molecule has 1 atom stereocenters. The fourth-order valence-electron chi connectivity index (χ4n) is 1.29. The number of amides is 2. The molecule has 7 heteroatoms. The largest absolute Gasteiger partial charge is 0.479 e. The Kier molecular flexibility index (Phi) is 4.82. The van der Waals surface area contributed by atoms with Gasteiger partial charge in [0.25, 0.3) is 0 Å². The van der Waals surface area contributed by atoms with E-state index in [1.807, 2.05) is 0 Å². The molecule has 0 spiro atoms. The molecule has 0 saturated carbocycles. The van der Waals surface area contributed by atoms with Crippen molar-refractivity contribution in [3.8, 4) is 0 Å². The number of carbonyl (C=O) groups excluding carboxylic acids is 1. The number of nitrogens with one attached hydrogen (secondary N) is 1. The van der Waals surface area contributed by atoms with E-state index in [1.165, 1.54) is 4.90 Å². The monoisotopic (exact) mass is 267 g/mol. The SMILES string of the molecule is CN(Cc1ccncc1)C(=O)NCC(C)(O)C(=O)O. The molecule has 0 fully saturated rings. The number of nitrogens with zero attached hydrogens (tertiary/aromatic N) is 2. The Morgan fingerprint density at radius 2 is 2.00 bits per heavy atom. The lowest BCUT2D eigenvalue weighted by molar-refractivity contribution is -0.155. The van der Waals surface area contributed by atoms with Gasteiger partial charge in [-0.2, -0.15) is 0 Å². The third kappa shape index (κ3) is 4.55. The first-order valence-electron chi connectivity index (χ1n) is 5.66. The summed E-state index contributed by atoms with van der Waals surface area (Å²) in [4.78, 5) is 27.6. The molecule has 0 saturated heterocycles. The lowest BCUT2D eigenvalue weighted by Gasteiger charge is -2.22. The molecule has 0 bridgehead atoms. The number of carboxylic acids is 1. The van der Waals surface area contributed by atoms with E-state index in [4.69, 9.17) is 5.11 Å². The normalized spacial score (nSPS) is 13.4. The van der Waals surface area contributed by atoms with Crippen molar-refractivity contribution in [2.24, 2.45) is 0 Å². The average molecular weight is 267 g/mol. The lowest BCUT2D eigenvalue weighted by Crippen LogP contribution is -2.49. The predicted molar refractivity (Wildman–Crippen MR) is 67.4 cm³/mol. The highest BCUT2D eigenvalue weighted by atomic mass is 16.4.